The molecule has 0 aliphatic heterocycles. The Kier molecular flexibility index (Phi) is 4.10. The lowest BCUT2D eigenvalue weighted by atomic mass is 10.2. The van der Waals surface area contributed by atoms with Gasteiger partial charge in [-0.25, -0.2) is 9.97 Å². The minimum absolute atomic E-state index is 0.637. The largest absolute Gasteiger partial charge is 0.461 e. The summed E-state index contributed by atoms with van der Waals surface area (Å²) in [4.78, 5) is 8.89. The third-order valence-corrected chi connectivity index (χ3v) is 2.51. The maximum Gasteiger partial charge on any atom is 0.196 e. The molecule has 0 aromatic carbocycles. The summed E-state index contributed by atoms with van der Waals surface area (Å²) in [5, 5.41) is 3.38. The van der Waals surface area contributed by atoms with E-state index in [1.807, 2.05) is 25.1 Å². The minimum atomic E-state index is 0.637. The summed E-state index contributed by atoms with van der Waals surface area (Å²) in [5.74, 6) is 2.00. The molecule has 2 aromatic rings. The van der Waals surface area contributed by atoms with Crippen molar-refractivity contribution in [2.75, 3.05) is 6.54 Å². The number of nitrogens with one attached hydrogen (secondary N) is 1. The average molecular weight is 245 g/mol. The first-order valence-electron chi connectivity index (χ1n) is 6.24. The molecule has 18 heavy (non-hydrogen) atoms. The van der Waals surface area contributed by atoms with Gasteiger partial charge >= 0.3 is 0 Å². The molecule has 0 aliphatic carbocycles. The van der Waals surface area contributed by atoms with Crippen LogP contribution in [0.5, 0.6) is 0 Å². The molecule has 2 rings (SSSR count). The van der Waals surface area contributed by atoms with Crippen molar-refractivity contribution < 1.29 is 4.42 Å². The van der Waals surface area contributed by atoms with Crippen LogP contribution < -0.4 is 5.32 Å². The van der Waals surface area contributed by atoms with E-state index in [2.05, 4.69) is 29.1 Å². The Morgan fingerprint density at radius 3 is 2.83 bits per heavy atom. The highest BCUT2D eigenvalue weighted by Crippen LogP contribution is 2.16. The molecule has 0 unspecified atom stereocenters. The fourth-order valence-corrected chi connectivity index (χ4v) is 1.73. The fourth-order valence-electron chi connectivity index (χ4n) is 1.73. The van der Waals surface area contributed by atoms with Crippen molar-refractivity contribution in [2.45, 2.75) is 27.3 Å². The second-order valence-corrected chi connectivity index (χ2v) is 4.83. The van der Waals surface area contributed by atoms with E-state index < -0.39 is 0 Å². The van der Waals surface area contributed by atoms with Gasteiger partial charge in [0.2, 0.25) is 0 Å². The molecule has 0 spiro atoms. The van der Waals surface area contributed by atoms with Crippen LogP contribution in [0.1, 0.15) is 25.2 Å². The van der Waals surface area contributed by atoms with Crippen LogP contribution in [0.25, 0.3) is 11.6 Å². The van der Waals surface area contributed by atoms with E-state index in [0.717, 1.165) is 24.5 Å². The highest BCUT2D eigenvalue weighted by atomic mass is 16.3. The van der Waals surface area contributed by atoms with Crippen molar-refractivity contribution in [1.29, 1.82) is 0 Å². The minimum Gasteiger partial charge on any atom is -0.461 e. The number of nitrogens with zero attached hydrogens (tertiary/aromatic N) is 2. The van der Waals surface area contributed by atoms with Crippen molar-refractivity contribution >= 4 is 0 Å². The lowest BCUT2D eigenvalue weighted by Crippen LogP contribution is -2.20. The number of aryl methyl sites for hydroxylation is 1. The molecule has 1 N–H and O–H groups in total. The molecular formula is C14H19N3O. The average Bonchev–Trinajstić information content (AvgIpc) is 2.81. The molecule has 2 heterocycles. The molecule has 0 atom stereocenters. The second kappa shape index (κ2) is 5.78. The number of aromatic nitrogens is 2. The molecule has 0 aliphatic rings. The first-order valence-corrected chi connectivity index (χ1v) is 6.24. The Balaban J connectivity index is 2.12. The molecule has 0 radical (unpaired) electrons. The van der Waals surface area contributed by atoms with Gasteiger partial charge in [0.15, 0.2) is 11.6 Å². The van der Waals surface area contributed by atoms with Gasteiger partial charge in [0.1, 0.15) is 0 Å². The first kappa shape index (κ1) is 12.8. The van der Waals surface area contributed by atoms with Gasteiger partial charge in [-0.1, -0.05) is 13.8 Å². The van der Waals surface area contributed by atoms with Crippen LogP contribution >= 0.6 is 0 Å². The highest BCUT2D eigenvalue weighted by Gasteiger charge is 2.07. The molecule has 96 valence electrons. The third kappa shape index (κ3) is 3.40. The Bertz CT molecular complexity index is 492. The van der Waals surface area contributed by atoms with Crippen molar-refractivity contribution in [3.05, 3.63) is 35.9 Å². The van der Waals surface area contributed by atoms with Gasteiger partial charge < -0.3 is 9.73 Å². The van der Waals surface area contributed by atoms with E-state index in [-0.39, 0.29) is 0 Å². The molecule has 2 aromatic heterocycles. The molecule has 4 heteroatoms. The van der Waals surface area contributed by atoms with Crippen LogP contribution in [-0.2, 0) is 6.54 Å². The number of hydrogen-bond donors (Lipinski definition) is 1. The van der Waals surface area contributed by atoms with Crippen LogP contribution in [0.2, 0.25) is 0 Å². The summed E-state index contributed by atoms with van der Waals surface area (Å²) in [6.45, 7) is 8.09. The van der Waals surface area contributed by atoms with Crippen molar-refractivity contribution in [2.24, 2.45) is 5.92 Å². The van der Waals surface area contributed by atoms with Gasteiger partial charge in [-0.15, -0.1) is 0 Å². The first-order chi connectivity index (χ1) is 8.65. The summed E-state index contributed by atoms with van der Waals surface area (Å²) < 4.78 is 5.33. The van der Waals surface area contributed by atoms with E-state index in [9.17, 15) is 0 Å². The van der Waals surface area contributed by atoms with Crippen molar-refractivity contribution in [1.82, 2.24) is 15.3 Å². The summed E-state index contributed by atoms with van der Waals surface area (Å²) in [5.41, 5.74) is 1.95. The fraction of sp³-hybridized carbons (Fsp3) is 0.429. The Morgan fingerprint density at radius 1 is 1.33 bits per heavy atom. The lowest BCUT2D eigenvalue weighted by molar-refractivity contribution is 0.546. The molecule has 4 nitrogen and oxygen atoms in total. The van der Waals surface area contributed by atoms with Gasteiger partial charge in [-0.2, -0.15) is 0 Å². The molecular weight excluding hydrogens is 226 g/mol. The van der Waals surface area contributed by atoms with Crippen molar-refractivity contribution in [3.63, 3.8) is 0 Å². The zero-order valence-corrected chi connectivity index (χ0v) is 11.1. The Hall–Kier alpha value is -1.68. The molecule has 0 saturated carbocycles. The molecule has 0 bridgehead atoms. The SMILES string of the molecule is Cc1cc(CNCC(C)C)nc(-c2ccco2)n1. The van der Waals surface area contributed by atoms with Gasteiger partial charge in [0.25, 0.3) is 0 Å². The molecule has 0 fully saturated rings. The van der Waals surface area contributed by atoms with Gasteiger partial charge in [0, 0.05) is 12.2 Å². The third-order valence-electron chi connectivity index (χ3n) is 2.51. The maximum atomic E-state index is 5.33. The predicted molar refractivity (Wildman–Crippen MR) is 71.0 cm³/mol. The maximum absolute atomic E-state index is 5.33. The smallest absolute Gasteiger partial charge is 0.196 e. The molecule has 0 saturated heterocycles. The monoisotopic (exact) mass is 245 g/mol. The summed E-state index contributed by atoms with van der Waals surface area (Å²) in [7, 11) is 0. The van der Waals surface area contributed by atoms with Gasteiger partial charge in [0.05, 0.1) is 12.0 Å². The van der Waals surface area contributed by atoms with Gasteiger partial charge in [-0.3, -0.25) is 0 Å². The lowest BCUT2D eigenvalue weighted by Gasteiger charge is -2.08. The number of rotatable bonds is 5. The zero-order chi connectivity index (χ0) is 13.0. The van der Waals surface area contributed by atoms with Crippen LogP contribution in [-0.4, -0.2) is 16.5 Å². The summed E-state index contributed by atoms with van der Waals surface area (Å²) in [6.07, 6.45) is 1.64. The predicted octanol–water partition coefficient (Wildman–Crippen LogP) is 2.79. The summed E-state index contributed by atoms with van der Waals surface area (Å²) in [6, 6.07) is 5.72. The van der Waals surface area contributed by atoms with Crippen molar-refractivity contribution in [3.8, 4) is 11.6 Å². The quantitative estimate of drug-likeness (QED) is 0.880. The van der Waals surface area contributed by atoms with Crippen LogP contribution in [0.15, 0.2) is 28.9 Å². The van der Waals surface area contributed by atoms with Crippen LogP contribution in [0.3, 0.4) is 0 Å². The normalized spacial score (nSPS) is 11.1. The Labute approximate surface area is 107 Å². The molecule has 0 amide bonds. The van der Waals surface area contributed by atoms with Crippen LogP contribution in [0.4, 0.5) is 0 Å². The van der Waals surface area contributed by atoms with Crippen LogP contribution in [0, 0.1) is 12.8 Å². The topological polar surface area (TPSA) is 51.0 Å². The van der Waals surface area contributed by atoms with E-state index >= 15 is 0 Å². The zero-order valence-electron chi connectivity index (χ0n) is 11.1. The Morgan fingerprint density at radius 2 is 2.17 bits per heavy atom. The van der Waals surface area contributed by atoms with Gasteiger partial charge in [-0.05, 0) is 37.6 Å². The van der Waals surface area contributed by atoms with E-state index in [4.69, 9.17) is 4.42 Å². The van der Waals surface area contributed by atoms with E-state index in [1.54, 1.807) is 6.26 Å². The summed E-state index contributed by atoms with van der Waals surface area (Å²) >= 11 is 0. The van der Waals surface area contributed by atoms with E-state index in [1.165, 1.54) is 0 Å². The standard InChI is InChI=1S/C14H19N3O/c1-10(2)8-15-9-12-7-11(3)16-14(17-12)13-5-4-6-18-13/h4-7,10,15H,8-9H2,1-3H3. The highest BCUT2D eigenvalue weighted by molar-refractivity contribution is 5.46. The number of hydrogen-bond acceptors (Lipinski definition) is 4. The number of furan rings is 1. The van der Waals surface area contributed by atoms with E-state index in [0.29, 0.717) is 17.5 Å². The second-order valence-electron chi connectivity index (χ2n) is 4.83.